The van der Waals surface area contributed by atoms with E-state index in [9.17, 15) is 4.79 Å². The molecule has 4 nitrogen and oxygen atoms in total. The molecule has 14 heavy (non-hydrogen) atoms. The van der Waals surface area contributed by atoms with Crippen LogP contribution in [0.2, 0.25) is 0 Å². The van der Waals surface area contributed by atoms with Crippen molar-refractivity contribution >= 4 is 22.4 Å². The van der Waals surface area contributed by atoms with Gasteiger partial charge in [0.2, 0.25) is 0 Å². The van der Waals surface area contributed by atoms with E-state index in [4.69, 9.17) is 5.73 Å². The highest BCUT2D eigenvalue weighted by molar-refractivity contribution is 7.17. The lowest BCUT2D eigenvalue weighted by atomic mass is 10.2. The van der Waals surface area contributed by atoms with Gasteiger partial charge in [-0.1, -0.05) is 31.1 Å². The van der Waals surface area contributed by atoms with Gasteiger partial charge in [-0.15, -0.1) is 0 Å². The van der Waals surface area contributed by atoms with Gasteiger partial charge in [-0.25, -0.2) is 4.98 Å². The number of hydrogen-bond acceptors (Lipinski definition) is 4. The third-order valence-corrected chi connectivity index (χ3v) is 2.64. The van der Waals surface area contributed by atoms with Crippen LogP contribution in [-0.4, -0.2) is 17.4 Å². The maximum atomic E-state index is 11.4. The Morgan fingerprint density at radius 1 is 1.64 bits per heavy atom. The Bertz CT molecular complexity index is 298. The summed E-state index contributed by atoms with van der Waals surface area (Å²) in [6, 6.07) is 0. The van der Waals surface area contributed by atoms with Crippen molar-refractivity contribution < 1.29 is 4.79 Å². The number of carbonyl (C=O) groups excluding carboxylic acids is 1. The lowest BCUT2D eigenvalue weighted by Crippen LogP contribution is -2.23. The topological polar surface area (TPSA) is 68.0 Å². The number of nitrogen functional groups attached to an aromatic ring is 1. The molecule has 0 aromatic carbocycles. The van der Waals surface area contributed by atoms with E-state index in [1.54, 1.807) is 0 Å². The minimum absolute atomic E-state index is 0.0738. The van der Waals surface area contributed by atoms with Gasteiger partial charge >= 0.3 is 0 Å². The number of hydrogen-bond donors (Lipinski definition) is 2. The zero-order valence-corrected chi connectivity index (χ0v) is 9.06. The van der Waals surface area contributed by atoms with E-state index in [0.717, 1.165) is 25.8 Å². The van der Waals surface area contributed by atoms with E-state index < -0.39 is 0 Å². The molecule has 1 aromatic heterocycles. The van der Waals surface area contributed by atoms with E-state index >= 15 is 0 Å². The van der Waals surface area contributed by atoms with Crippen LogP contribution in [0.25, 0.3) is 0 Å². The maximum Gasteiger partial charge on any atom is 0.263 e. The normalized spacial score (nSPS) is 10.1. The first kappa shape index (κ1) is 11.0. The Balaban J connectivity index is 2.29. The largest absolute Gasteiger partial charge is 0.375 e. The van der Waals surface area contributed by atoms with Crippen molar-refractivity contribution in [3.05, 3.63) is 11.1 Å². The van der Waals surface area contributed by atoms with E-state index in [1.807, 2.05) is 0 Å². The number of nitrogens with zero attached hydrogens (tertiary/aromatic N) is 1. The molecule has 1 rings (SSSR count). The Labute approximate surface area is 87.5 Å². The van der Waals surface area contributed by atoms with Gasteiger partial charge in [-0.3, -0.25) is 4.79 Å². The molecule has 3 N–H and O–H groups in total. The molecular formula is C9H15N3OS. The molecule has 78 valence electrons. The minimum atomic E-state index is -0.0738. The molecule has 5 heteroatoms. The van der Waals surface area contributed by atoms with Crippen LogP contribution in [0, 0.1) is 0 Å². The average molecular weight is 213 g/mol. The highest BCUT2D eigenvalue weighted by Crippen LogP contribution is 2.13. The van der Waals surface area contributed by atoms with Gasteiger partial charge in [0.05, 0.1) is 6.20 Å². The van der Waals surface area contributed by atoms with Crippen LogP contribution in [0.15, 0.2) is 6.20 Å². The van der Waals surface area contributed by atoms with Crippen molar-refractivity contribution in [3.8, 4) is 0 Å². The molecule has 0 bridgehead atoms. The number of nitrogens with two attached hydrogens (primary N) is 1. The van der Waals surface area contributed by atoms with E-state index in [1.165, 1.54) is 17.5 Å². The van der Waals surface area contributed by atoms with Gasteiger partial charge in [0.1, 0.15) is 4.88 Å². The summed E-state index contributed by atoms with van der Waals surface area (Å²) in [4.78, 5) is 15.8. The van der Waals surface area contributed by atoms with Gasteiger partial charge in [-0.2, -0.15) is 0 Å². The van der Waals surface area contributed by atoms with Crippen LogP contribution < -0.4 is 11.1 Å². The fourth-order valence-corrected chi connectivity index (χ4v) is 1.66. The van der Waals surface area contributed by atoms with Crippen LogP contribution in [0.3, 0.4) is 0 Å². The summed E-state index contributed by atoms with van der Waals surface area (Å²) < 4.78 is 0. The van der Waals surface area contributed by atoms with Crippen LogP contribution in [0.5, 0.6) is 0 Å². The first-order chi connectivity index (χ1) is 6.74. The molecule has 0 aliphatic rings. The SMILES string of the molecule is CCCCCNC(=O)c1cnc(N)s1. The number of rotatable bonds is 5. The molecule has 0 aliphatic heterocycles. The molecule has 1 amide bonds. The van der Waals surface area contributed by atoms with Crippen molar-refractivity contribution in [1.82, 2.24) is 10.3 Å². The number of carbonyl (C=O) groups is 1. The summed E-state index contributed by atoms with van der Waals surface area (Å²) in [6.07, 6.45) is 4.83. The first-order valence-corrected chi connectivity index (χ1v) is 5.55. The van der Waals surface area contributed by atoms with Gasteiger partial charge in [0.25, 0.3) is 5.91 Å². The summed E-state index contributed by atoms with van der Waals surface area (Å²) in [5.74, 6) is -0.0738. The number of aromatic nitrogens is 1. The fourth-order valence-electron chi connectivity index (χ4n) is 1.06. The zero-order chi connectivity index (χ0) is 10.4. The quantitative estimate of drug-likeness (QED) is 0.731. The first-order valence-electron chi connectivity index (χ1n) is 4.73. The summed E-state index contributed by atoms with van der Waals surface area (Å²) in [6.45, 7) is 2.86. The van der Waals surface area contributed by atoms with Crippen LogP contribution in [0.4, 0.5) is 5.13 Å². The van der Waals surface area contributed by atoms with Crippen molar-refractivity contribution in [2.75, 3.05) is 12.3 Å². The molecule has 0 saturated heterocycles. The number of thiazole rings is 1. The predicted molar refractivity (Wildman–Crippen MR) is 58.4 cm³/mol. The molecule has 1 heterocycles. The molecule has 1 aromatic rings. The van der Waals surface area contributed by atoms with Gasteiger partial charge < -0.3 is 11.1 Å². The van der Waals surface area contributed by atoms with Crippen molar-refractivity contribution in [2.45, 2.75) is 26.2 Å². The molecule has 0 fully saturated rings. The summed E-state index contributed by atoms with van der Waals surface area (Å²) in [5.41, 5.74) is 5.42. The predicted octanol–water partition coefficient (Wildman–Crippen LogP) is 1.65. The number of anilines is 1. The lowest BCUT2D eigenvalue weighted by molar-refractivity contribution is 0.0957. The summed E-state index contributed by atoms with van der Waals surface area (Å²) >= 11 is 1.21. The third kappa shape index (κ3) is 3.33. The molecule has 0 aliphatic carbocycles. The second-order valence-electron chi connectivity index (χ2n) is 3.03. The fraction of sp³-hybridized carbons (Fsp3) is 0.556. The molecule has 0 radical (unpaired) electrons. The van der Waals surface area contributed by atoms with Gasteiger partial charge in [-0.05, 0) is 6.42 Å². The monoisotopic (exact) mass is 213 g/mol. The molecule has 0 atom stereocenters. The number of unbranched alkanes of at least 4 members (excludes halogenated alkanes) is 2. The number of amides is 1. The summed E-state index contributed by atoms with van der Waals surface area (Å²) in [5, 5.41) is 3.26. The highest BCUT2D eigenvalue weighted by Gasteiger charge is 2.07. The number of nitrogens with one attached hydrogen (secondary N) is 1. The highest BCUT2D eigenvalue weighted by atomic mass is 32.1. The van der Waals surface area contributed by atoms with Crippen LogP contribution in [0.1, 0.15) is 35.9 Å². The molecule has 0 saturated carbocycles. The summed E-state index contributed by atoms with van der Waals surface area (Å²) in [7, 11) is 0. The Morgan fingerprint density at radius 3 is 3.00 bits per heavy atom. The Kier molecular flexibility index (Phi) is 4.39. The standard InChI is InChI=1S/C9H15N3OS/c1-2-3-4-5-11-8(13)7-6-12-9(10)14-7/h6H,2-5H2,1H3,(H2,10,12)(H,11,13). The van der Waals surface area contributed by atoms with Crippen LogP contribution in [-0.2, 0) is 0 Å². The van der Waals surface area contributed by atoms with E-state index in [2.05, 4.69) is 17.2 Å². The third-order valence-electron chi connectivity index (χ3n) is 1.81. The molecule has 0 spiro atoms. The second kappa shape index (κ2) is 5.59. The lowest BCUT2D eigenvalue weighted by Gasteiger charge is -2.01. The second-order valence-corrected chi connectivity index (χ2v) is 4.09. The minimum Gasteiger partial charge on any atom is -0.375 e. The van der Waals surface area contributed by atoms with Crippen molar-refractivity contribution in [3.63, 3.8) is 0 Å². The Hall–Kier alpha value is -1.10. The van der Waals surface area contributed by atoms with Gasteiger partial charge in [0, 0.05) is 6.54 Å². The van der Waals surface area contributed by atoms with Crippen molar-refractivity contribution in [2.24, 2.45) is 0 Å². The average Bonchev–Trinajstić information content (AvgIpc) is 2.59. The maximum absolute atomic E-state index is 11.4. The smallest absolute Gasteiger partial charge is 0.263 e. The van der Waals surface area contributed by atoms with Crippen molar-refractivity contribution in [1.29, 1.82) is 0 Å². The molecule has 0 unspecified atom stereocenters. The van der Waals surface area contributed by atoms with Gasteiger partial charge in [0.15, 0.2) is 5.13 Å². The molecular weight excluding hydrogens is 198 g/mol. The zero-order valence-electron chi connectivity index (χ0n) is 8.25. The van der Waals surface area contributed by atoms with Crippen LogP contribution >= 0.6 is 11.3 Å². The van der Waals surface area contributed by atoms with E-state index in [0.29, 0.717) is 10.0 Å². The Morgan fingerprint density at radius 2 is 2.43 bits per heavy atom. The van der Waals surface area contributed by atoms with E-state index in [-0.39, 0.29) is 5.91 Å².